The summed E-state index contributed by atoms with van der Waals surface area (Å²) in [6.07, 6.45) is 1.62. The number of hydrogen-bond acceptors (Lipinski definition) is 4. The molecule has 3 N–H and O–H groups in total. The summed E-state index contributed by atoms with van der Waals surface area (Å²) in [4.78, 5) is 0.183. The van der Waals surface area contributed by atoms with Crippen molar-refractivity contribution >= 4 is 26.0 Å². The normalized spacial score (nSPS) is 11.8. The quantitative estimate of drug-likeness (QED) is 0.837. The minimum Gasteiger partial charge on any atom is -0.326 e. The Morgan fingerprint density at radius 1 is 1.40 bits per heavy atom. The van der Waals surface area contributed by atoms with E-state index in [4.69, 9.17) is 5.73 Å². The Balaban J connectivity index is 2.24. The Bertz CT molecular complexity index is 712. The molecule has 0 aliphatic heterocycles. The van der Waals surface area contributed by atoms with Crippen molar-refractivity contribution in [3.63, 3.8) is 0 Å². The van der Waals surface area contributed by atoms with E-state index in [9.17, 15) is 8.42 Å². The van der Waals surface area contributed by atoms with Crippen LogP contribution in [0.25, 0.3) is 0 Å². The van der Waals surface area contributed by atoms with Crippen molar-refractivity contribution in [2.75, 3.05) is 0 Å². The molecule has 1 heterocycles. The third-order valence-electron chi connectivity index (χ3n) is 2.89. The van der Waals surface area contributed by atoms with Crippen LogP contribution in [0.3, 0.4) is 0 Å². The van der Waals surface area contributed by atoms with Crippen LogP contribution in [-0.4, -0.2) is 18.2 Å². The summed E-state index contributed by atoms with van der Waals surface area (Å²) in [6, 6.07) is 6.79. The fourth-order valence-corrected chi connectivity index (χ4v) is 3.71. The van der Waals surface area contributed by atoms with Gasteiger partial charge in [-0.2, -0.15) is 5.10 Å². The molecule has 0 atom stereocenters. The molecule has 0 saturated heterocycles. The van der Waals surface area contributed by atoms with Crippen molar-refractivity contribution in [2.45, 2.75) is 18.0 Å². The van der Waals surface area contributed by atoms with E-state index in [1.807, 2.05) is 0 Å². The summed E-state index contributed by atoms with van der Waals surface area (Å²) in [5, 5.41) is 3.99. The molecule has 2 rings (SSSR count). The molecule has 1 aromatic carbocycles. The van der Waals surface area contributed by atoms with Crippen LogP contribution in [0.15, 0.2) is 39.8 Å². The Kier molecular flexibility index (Phi) is 4.59. The molecule has 6 nitrogen and oxygen atoms in total. The molecule has 0 radical (unpaired) electrons. The molecular weight excluding hydrogens is 344 g/mol. The number of rotatable bonds is 5. The van der Waals surface area contributed by atoms with Crippen molar-refractivity contribution in [3.8, 4) is 0 Å². The minimum atomic E-state index is -3.61. The van der Waals surface area contributed by atoms with Gasteiger partial charge in [0, 0.05) is 24.3 Å². The minimum absolute atomic E-state index is 0.179. The molecule has 1 aromatic heterocycles. The van der Waals surface area contributed by atoms with Gasteiger partial charge in [-0.3, -0.25) is 4.68 Å². The van der Waals surface area contributed by atoms with Crippen molar-refractivity contribution < 1.29 is 8.42 Å². The van der Waals surface area contributed by atoms with Crippen LogP contribution in [0.1, 0.15) is 11.3 Å². The second-order valence-electron chi connectivity index (χ2n) is 4.24. The Labute approximate surface area is 126 Å². The van der Waals surface area contributed by atoms with Crippen LogP contribution in [0.4, 0.5) is 0 Å². The molecule has 108 valence electrons. The van der Waals surface area contributed by atoms with E-state index in [0.717, 1.165) is 11.3 Å². The maximum absolute atomic E-state index is 12.3. The summed E-state index contributed by atoms with van der Waals surface area (Å²) >= 11 is 3.25. The predicted octanol–water partition coefficient (Wildman–Crippen LogP) is 1.12. The second kappa shape index (κ2) is 6.04. The van der Waals surface area contributed by atoms with E-state index in [0.29, 0.717) is 4.47 Å². The van der Waals surface area contributed by atoms with Crippen molar-refractivity contribution in [3.05, 3.63) is 46.2 Å². The van der Waals surface area contributed by atoms with Crippen LogP contribution in [0, 0.1) is 0 Å². The van der Waals surface area contributed by atoms with E-state index in [1.165, 1.54) is 0 Å². The molecule has 0 saturated carbocycles. The lowest BCUT2D eigenvalue weighted by Crippen LogP contribution is -2.25. The third-order valence-corrected chi connectivity index (χ3v) is 5.28. The average Bonchev–Trinajstić information content (AvgIpc) is 2.82. The Hall–Kier alpha value is -1.22. The van der Waals surface area contributed by atoms with Gasteiger partial charge in [0.15, 0.2) is 0 Å². The van der Waals surface area contributed by atoms with Crippen LogP contribution < -0.4 is 10.5 Å². The number of nitrogens with two attached hydrogens (primary N) is 1. The van der Waals surface area contributed by atoms with Gasteiger partial charge in [0.25, 0.3) is 0 Å². The van der Waals surface area contributed by atoms with E-state index < -0.39 is 10.0 Å². The van der Waals surface area contributed by atoms with Gasteiger partial charge in [0.05, 0.1) is 17.1 Å². The first-order valence-electron chi connectivity index (χ1n) is 5.89. The van der Waals surface area contributed by atoms with Crippen molar-refractivity contribution in [1.29, 1.82) is 0 Å². The Morgan fingerprint density at radius 3 is 2.75 bits per heavy atom. The van der Waals surface area contributed by atoms with Gasteiger partial charge in [-0.05, 0) is 39.7 Å². The number of nitrogens with one attached hydrogen (secondary N) is 1. The second-order valence-corrected chi connectivity index (χ2v) is 6.83. The molecule has 0 fully saturated rings. The molecule has 0 aliphatic rings. The van der Waals surface area contributed by atoms with Crippen LogP contribution in [0.5, 0.6) is 0 Å². The lowest BCUT2D eigenvalue weighted by Gasteiger charge is -2.10. The molecule has 0 unspecified atom stereocenters. The van der Waals surface area contributed by atoms with Crippen LogP contribution in [-0.2, 0) is 30.2 Å². The first kappa shape index (κ1) is 15.2. The highest BCUT2D eigenvalue weighted by atomic mass is 79.9. The third kappa shape index (κ3) is 3.26. The first-order valence-corrected chi connectivity index (χ1v) is 8.16. The summed E-state index contributed by atoms with van der Waals surface area (Å²) < 4.78 is 29.3. The zero-order valence-corrected chi connectivity index (χ0v) is 13.3. The maximum atomic E-state index is 12.3. The molecule has 0 aliphatic carbocycles. The molecular formula is C12H15BrN4O2S. The number of hydrogen-bond donors (Lipinski definition) is 2. The first-order chi connectivity index (χ1) is 9.44. The predicted molar refractivity (Wildman–Crippen MR) is 79.3 cm³/mol. The van der Waals surface area contributed by atoms with Crippen LogP contribution >= 0.6 is 15.9 Å². The molecule has 0 spiro atoms. The summed E-state index contributed by atoms with van der Waals surface area (Å²) in [6.45, 7) is 0.468. The van der Waals surface area contributed by atoms with Gasteiger partial charge in [0.2, 0.25) is 10.0 Å². The van der Waals surface area contributed by atoms with Gasteiger partial charge < -0.3 is 5.73 Å². The highest BCUT2D eigenvalue weighted by Crippen LogP contribution is 2.23. The monoisotopic (exact) mass is 358 g/mol. The molecule has 8 heteroatoms. The summed E-state index contributed by atoms with van der Waals surface area (Å²) in [5.74, 6) is 0. The summed E-state index contributed by atoms with van der Waals surface area (Å²) in [5.41, 5.74) is 7.08. The van der Waals surface area contributed by atoms with Gasteiger partial charge in [0.1, 0.15) is 0 Å². The molecule has 0 amide bonds. The van der Waals surface area contributed by atoms with Crippen LogP contribution in [0.2, 0.25) is 0 Å². The highest BCUT2D eigenvalue weighted by Gasteiger charge is 2.18. The largest absolute Gasteiger partial charge is 0.326 e. The number of nitrogens with zero attached hydrogens (tertiary/aromatic N) is 2. The molecule has 2 aromatic rings. The van der Waals surface area contributed by atoms with E-state index in [2.05, 4.69) is 25.8 Å². The van der Waals surface area contributed by atoms with Gasteiger partial charge in [-0.25, -0.2) is 13.1 Å². The number of sulfonamides is 1. The standard InChI is InChI=1S/C12H15BrN4O2S/c1-17-10(4-5-15-17)8-16-20(18,19)12-6-9(7-14)2-3-11(12)13/h2-6,16H,7-8,14H2,1H3. The Morgan fingerprint density at radius 2 is 2.15 bits per heavy atom. The smallest absolute Gasteiger partial charge is 0.242 e. The van der Waals surface area contributed by atoms with Gasteiger partial charge >= 0.3 is 0 Å². The van der Waals surface area contributed by atoms with Gasteiger partial charge in [-0.1, -0.05) is 6.07 Å². The van der Waals surface area contributed by atoms with Gasteiger partial charge in [-0.15, -0.1) is 0 Å². The molecule has 0 bridgehead atoms. The van der Waals surface area contributed by atoms with Crippen molar-refractivity contribution in [1.82, 2.24) is 14.5 Å². The SMILES string of the molecule is Cn1nccc1CNS(=O)(=O)c1cc(CN)ccc1Br. The summed E-state index contributed by atoms with van der Waals surface area (Å²) in [7, 11) is -1.85. The number of benzene rings is 1. The zero-order valence-electron chi connectivity index (χ0n) is 10.9. The number of aryl methyl sites for hydroxylation is 1. The maximum Gasteiger partial charge on any atom is 0.242 e. The zero-order chi connectivity index (χ0) is 14.8. The fraction of sp³-hybridized carbons (Fsp3) is 0.250. The number of halogens is 1. The van der Waals surface area contributed by atoms with E-state index in [1.54, 1.807) is 42.2 Å². The lowest BCUT2D eigenvalue weighted by atomic mass is 10.2. The number of aromatic nitrogens is 2. The topological polar surface area (TPSA) is 90.0 Å². The lowest BCUT2D eigenvalue weighted by molar-refractivity contribution is 0.576. The average molecular weight is 359 g/mol. The molecule has 20 heavy (non-hydrogen) atoms. The highest BCUT2D eigenvalue weighted by molar-refractivity contribution is 9.10. The fourth-order valence-electron chi connectivity index (χ4n) is 1.70. The van der Waals surface area contributed by atoms with E-state index in [-0.39, 0.29) is 18.0 Å². The van der Waals surface area contributed by atoms with E-state index >= 15 is 0 Å². The van der Waals surface area contributed by atoms with Crippen molar-refractivity contribution in [2.24, 2.45) is 12.8 Å².